The predicted molar refractivity (Wildman–Crippen MR) is 109 cm³/mol. The van der Waals surface area contributed by atoms with Gasteiger partial charge in [-0.1, -0.05) is 30.3 Å². The van der Waals surface area contributed by atoms with Crippen LogP contribution in [0.15, 0.2) is 49.1 Å². The maximum absolute atomic E-state index is 4.31. The Labute approximate surface area is 161 Å². The normalized spacial score (nSPS) is 34.7. The van der Waals surface area contributed by atoms with E-state index >= 15 is 0 Å². The van der Waals surface area contributed by atoms with Crippen molar-refractivity contribution in [3.8, 4) is 0 Å². The molecule has 3 heteroatoms. The van der Waals surface area contributed by atoms with Crippen molar-refractivity contribution in [2.45, 2.75) is 62.5 Å². The smallest absolute Gasteiger partial charge is 0.0946 e. The largest absolute Gasteiger partial charge is 0.336 e. The molecule has 0 spiro atoms. The van der Waals surface area contributed by atoms with Gasteiger partial charge in [0.2, 0.25) is 0 Å². The summed E-state index contributed by atoms with van der Waals surface area (Å²) >= 11 is 2.24. The molecule has 6 rings (SSSR count). The fourth-order valence-corrected chi connectivity index (χ4v) is 8.23. The van der Waals surface area contributed by atoms with E-state index in [-0.39, 0.29) is 0 Å². The quantitative estimate of drug-likeness (QED) is 0.627. The Morgan fingerprint density at radius 1 is 1.08 bits per heavy atom. The highest BCUT2D eigenvalue weighted by Crippen LogP contribution is 2.64. The minimum atomic E-state index is 0.553. The summed E-state index contributed by atoms with van der Waals surface area (Å²) in [5.41, 5.74) is 2.03. The Morgan fingerprint density at radius 3 is 2.31 bits per heavy atom. The SMILES string of the molecule is CC(SC(Cn1ccnc1)C12CC3CC(CC(C3)C1)C2)c1ccccc1. The molecule has 1 aromatic carbocycles. The number of nitrogens with zero attached hydrogens (tertiary/aromatic N) is 2. The van der Waals surface area contributed by atoms with E-state index in [9.17, 15) is 0 Å². The molecule has 4 aliphatic rings. The third-order valence-electron chi connectivity index (χ3n) is 7.34. The standard InChI is InChI=1S/C23H30N2S/c1-17(21-5-3-2-4-6-21)26-22(15-25-8-7-24-16-25)23-12-18-9-19(13-23)11-20(10-18)14-23/h2-8,16-20,22H,9-15H2,1H3. The third-order valence-corrected chi connectivity index (χ3v) is 9.00. The number of hydrogen-bond donors (Lipinski definition) is 0. The van der Waals surface area contributed by atoms with E-state index in [0.29, 0.717) is 15.9 Å². The number of rotatable bonds is 6. The second kappa shape index (κ2) is 6.74. The summed E-state index contributed by atoms with van der Waals surface area (Å²) in [4.78, 5) is 4.31. The maximum Gasteiger partial charge on any atom is 0.0946 e. The summed E-state index contributed by atoms with van der Waals surface area (Å²) in [6, 6.07) is 11.1. The van der Waals surface area contributed by atoms with Gasteiger partial charge >= 0.3 is 0 Å². The maximum atomic E-state index is 4.31. The first kappa shape index (κ1) is 16.9. The van der Waals surface area contributed by atoms with Crippen LogP contribution in [0.3, 0.4) is 0 Å². The molecule has 2 atom stereocenters. The second-order valence-corrected chi connectivity index (χ2v) is 10.8. The average molecular weight is 367 g/mol. The zero-order valence-corrected chi connectivity index (χ0v) is 16.6. The third kappa shape index (κ3) is 3.13. The van der Waals surface area contributed by atoms with Crippen LogP contribution in [0.2, 0.25) is 0 Å². The van der Waals surface area contributed by atoms with E-state index < -0.39 is 0 Å². The summed E-state index contributed by atoms with van der Waals surface area (Å²) in [5, 5.41) is 1.25. The second-order valence-electron chi connectivity index (χ2n) is 9.22. The summed E-state index contributed by atoms with van der Waals surface area (Å²) < 4.78 is 2.33. The molecule has 138 valence electrons. The van der Waals surface area contributed by atoms with Crippen molar-refractivity contribution in [3.63, 3.8) is 0 Å². The topological polar surface area (TPSA) is 17.8 Å². The van der Waals surface area contributed by atoms with Crippen molar-refractivity contribution in [1.29, 1.82) is 0 Å². The van der Waals surface area contributed by atoms with Gasteiger partial charge in [-0.2, -0.15) is 0 Å². The van der Waals surface area contributed by atoms with Crippen LogP contribution < -0.4 is 0 Å². The fraction of sp³-hybridized carbons (Fsp3) is 0.609. The van der Waals surface area contributed by atoms with Crippen molar-refractivity contribution in [1.82, 2.24) is 9.55 Å². The molecule has 1 heterocycles. The number of benzene rings is 1. The highest BCUT2D eigenvalue weighted by molar-refractivity contribution is 8.00. The monoisotopic (exact) mass is 366 g/mol. The molecule has 2 aromatic rings. The highest BCUT2D eigenvalue weighted by atomic mass is 32.2. The van der Waals surface area contributed by atoms with E-state index in [4.69, 9.17) is 0 Å². The van der Waals surface area contributed by atoms with Gasteiger partial charge in [0.05, 0.1) is 6.33 Å². The van der Waals surface area contributed by atoms with E-state index in [2.05, 4.69) is 64.8 Å². The molecule has 4 saturated carbocycles. The van der Waals surface area contributed by atoms with Crippen LogP contribution in [0, 0.1) is 23.2 Å². The Balaban J connectivity index is 1.42. The van der Waals surface area contributed by atoms with Gasteiger partial charge < -0.3 is 4.57 Å². The lowest BCUT2D eigenvalue weighted by Crippen LogP contribution is -2.51. The number of aromatic nitrogens is 2. The highest BCUT2D eigenvalue weighted by Gasteiger charge is 2.54. The molecule has 26 heavy (non-hydrogen) atoms. The first-order valence-corrected chi connectivity index (χ1v) is 11.3. The Morgan fingerprint density at radius 2 is 1.73 bits per heavy atom. The lowest BCUT2D eigenvalue weighted by Gasteiger charge is -2.59. The molecule has 1 aromatic heterocycles. The van der Waals surface area contributed by atoms with E-state index in [0.717, 1.165) is 24.3 Å². The number of hydrogen-bond acceptors (Lipinski definition) is 2. The van der Waals surface area contributed by atoms with E-state index in [1.54, 1.807) is 0 Å². The van der Waals surface area contributed by atoms with Crippen LogP contribution in [0.4, 0.5) is 0 Å². The van der Waals surface area contributed by atoms with Gasteiger partial charge in [-0.3, -0.25) is 0 Å². The molecule has 0 amide bonds. The molecule has 0 N–H and O–H groups in total. The lowest BCUT2D eigenvalue weighted by molar-refractivity contribution is -0.0553. The van der Waals surface area contributed by atoms with Crippen LogP contribution in [-0.2, 0) is 6.54 Å². The van der Waals surface area contributed by atoms with Gasteiger partial charge in [-0.15, -0.1) is 11.8 Å². The summed E-state index contributed by atoms with van der Waals surface area (Å²) in [6.45, 7) is 3.52. The average Bonchev–Trinajstić information content (AvgIpc) is 3.14. The molecule has 2 nitrogen and oxygen atoms in total. The van der Waals surface area contributed by atoms with Crippen LogP contribution in [0.25, 0.3) is 0 Å². The molecule has 4 bridgehead atoms. The summed E-state index contributed by atoms with van der Waals surface area (Å²) in [7, 11) is 0. The van der Waals surface area contributed by atoms with Crippen molar-refractivity contribution in [2.75, 3.05) is 0 Å². The Kier molecular flexibility index (Phi) is 4.39. The molecule has 2 unspecified atom stereocenters. The first-order valence-electron chi connectivity index (χ1n) is 10.4. The lowest BCUT2D eigenvalue weighted by atomic mass is 9.48. The molecule has 4 fully saturated rings. The van der Waals surface area contributed by atoms with Crippen molar-refractivity contribution in [2.24, 2.45) is 23.2 Å². The molecule has 4 aliphatic carbocycles. The van der Waals surface area contributed by atoms with E-state index in [1.165, 1.54) is 44.1 Å². The minimum Gasteiger partial charge on any atom is -0.336 e. The van der Waals surface area contributed by atoms with Crippen molar-refractivity contribution < 1.29 is 0 Å². The minimum absolute atomic E-state index is 0.553. The summed E-state index contributed by atoms with van der Waals surface area (Å²) in [5.74, 6) is 3.04. The van der Waals surface area contributed by atoms with Crippen LogP contribution >= 0.6 is 11.8 Å². The van der Waals surface area contributed by atoms with Gasteiger partial charge in [-0.05, 0) is 74.2 Å². The van der Waals surface area contributed by atoms with E-state index in [1.807, 2.05) is 12.5 Å². The van der Waals surface area contributed by atoms with Gasteiger partial charge in [-0.25, -0.2) is 4.98 Å². The van der Waals surface area contributed by atoms with Gasteiger partial charge in [0.1, 0.15) is 0 Å². The number of imidazole rings is 1. The molecule has 0 aliphatic heterocycles. The van der Waals surface area contributed by atoms with Gasteiger partial charge in [0.15, 0.2) is 0 Å². The molecular formula is C23H30N2S. The first-order chi connectivity index (χ1) is 12.7. The van der Waals surface area contributed by atoms with Crippen LogP contribution in [-0.4, -0.2) is 14.8 Å². The molecule has 0 saturated heterocycles. The van der Waals surface area contributed by atoms with Gasteiger partial charge in [0.25, 0.3) is 0 Å². The fourth-order valence-electron chi connectivity index (χ4n) is 6.59. The van der Waals surface area contributed by atoms with Crippen LogP contribution in [0.1, 0.15) is 56.3 Å². The number of thioether (sulfide) groups is 1. The van der Waals surface area contributed by atoms with Crippen molar-refractivity contribution >= 4 is 11.8 Å². The zero-order chi connectivity index (χ0) is 17.6. The van der Waals surface area contributed by atoms with Crippen molar-refractivity contribution in [3.05, 3.63) is 54.6 Å². The zero-order valence-electron chi connectivity index (χ0n) is 15.8. The molecular weight excluding hydrogens is 336 g/mol. The Bertz CT molecular complexity index is 689. The van der Waals surface area contributed by atoms with Gasteiger partial charge in [0, 0.05) is 29.4 Å². The predicted octanol–water partition coefficient (Wildman–Crippen LogP) is 5.96. The Hall–Kier alpha value is -1.22. The summed E-state index contributed by atoms with van der Waals surface area (Å²) in [6.07, 6.45) is 15.1. The van der Waals surface area contributed by atoms with Crippen LogP contribution in [0.5, 0.6) is 0 Å². The molecule has 0 radical (unpaired) electrons.